The number of amidine groups is 1. The Bertz CT molecular complexity index is 227. The molecule has 0 bridgehead atoms. The number of thioether (sulfide) groups is 1. The van der Waals surface area contributed by atoms with Crippen molar-refractivity contribution >= 4 is 36.5 Å². The molecule has 0 radical (unpaired) electrons. The van der Waals surface area contributed by atoms with Crippen LogP contribution in [0.15, 0.2) is 0 Å². The molecule has 0 fully saturated rings. The normalized spacial score (nSPS) is 10.9. The van der Waals surface area contributed by atoms with Gasteiger partial charge >= 0.3 is 0 Å². The van der Waals surface area contributed by atoms with Crippen LogP contribution < -0.4 is 11.1 Å². The van der Waals surface area contributed by atoms with E-state index in [1.54, 1.807) is 0 Å². The summed E-state index contributed by atoms with van der Waals surface area (Å²) in [5, 5.41) is 5.73. The summed E-state index contributed by atoms with van der Waals surface area (Å²) in [6.07, 6.45) is 6.00. The van der Waals surface area contributed by atoms with E-state index in [2.05, 4.69) is 13.8 Å². The molecule has 0 spiro atoms. The van der Waals surface area contributed by atoms with Crippen molar-refractivity contribution in [1.29, 1.82) is 0 Å². The molecule has 0 amide bonds. The van der Waals surface area contributed by atoms with E-state index < -0.39 is 7.14 Å². The molecule has 0 aromatic rings. The predicted octanol–water partition coefficient (Wildman–Crippen LogP) is 2.14. The molecule has 0 aliphatic rings. The lowest BCUT2D eigenvalue weighted by Crippen LogP contribution is -2.43. The molecule has 0 aromatic heterocycles. The average Bonchev–Trinajstić information content (AvgIpc) is 2.21. The van der Waals surface area contributed by atoms with Gasteiger partial charge in [-0.2, -0.15) is 0 Å². The zero-order valence-electron chi connectivity index (χ0n) is 10.3. The third kappa shape index (κ3) is 9.56. The van der Waals surface area contributed by atoms with Gasteiger partial charge in [-0.3, -0.25) is 11.1 Å². The van der Waals surface area contributed by atoms with Gasteiger partial charge in [0.25, 0.3) is 5.17 Å². The SMILES string of the molecule is CCCCP(=O)(CCCC)CSC(N)=[NH2+].Cl. The Balaban J connectivity index is 0. The second-order valence-corrected chi connectivity index (χ2v) is 8.69. The minimum atomic E-state index is -2.02. The van der Waals surface area contributed by atoms with Gasteiger partial charge < -0.3 is 4.57 Å². The first-order valence-electron chi connectivity index (χ1n) is 5.62. The summed E-state index contributed by atoms with van der Waals surface area (Å²) < 4.78 is 12.5. The highest BCUT2D eigenvalue weighted by molar-refractivity contribution is 8.17. The van der Waals surface area contributed by atoms with Gasteiger partial charge in [-0.25, -0.2) is 0 Å². The maximum Gasteiger partial charge on any atom is 0.300 e. The number of unbranched alkanes of at least 4 members (excludes halogenated alkanes) is 2. The van der Waals surface area contributed by atoms with Crippen molar-refractivity contribution in [2.45, 2.75) is 39.5 Å². The van der Waals surface area contributed by atoms with E-state index in [-0.39, 0.29) is 12.4 Å². The largest absolute Gasteiger partial charge is 0.323 e. The maximum atomic E-state index is 12.5. The lowest BCUT2D eigenvalue weighted by molar-refractivity contribution is -0.110. The van der Waals surface area contributed by atoms with Crippen LogP contribution in [-0.2, 0) is 4.57 Å². The highest BCUT2D eigenvalue weighted by atomic mass is 35.5. The van der Waals surface area contributed by atoms with Crippen molar-refractivity contribution in [3.8, 4) is 0 Å². The van der Waals surface area contributed by atoms with E-state index in [0.717, 1.165) is 38.0 Å². The van der Waals surface area contributed by atoms with Crippen LogP contribution in [0, 0.1) is 0 Å². The van der Waals surface area contributed by atoms with Crippen LogP contribution in [0.4, 0.5) is 0 Å². The molecule has 0 atom stereocenters. The van der Waals surface area contributed by atoms with Crippen molar-refractivity contribution in [3.63, 3.8) is 0 Å². The lowest BCUT2D eigenvalue weighted by atomic mass is 10.4. The van der Waals surface area contributed by atoms with Crippen LogP contribution in [0.5, 0.6) is 0 Å². The summed E-state index contributed by atoms with van der Waals surface area (Å²) in [7, 11) is -2.02. The Labute approximate surface area is 110 Å². The van der Waals surface area contributed by atoms with Crippen LogP contribution in [-0.4, -0.2) is 23.0 Å². The molecule has 6 heteroatoms. The molecule has 0 rings (SSSR count). The van der Waals surface area contributed by atoms with Crippen molar-refractivity contribution in [2.75, 3.05) is 17.8 Å². The molecule has 0 aromatic carbocycles. The summed E-state index contributed by atoms with van der Waals surface area (Å²) in [6, 6.07) is 0. The fourth-order valence-electron chi connectivity index (χ4n) is 1.33. The van der Waals surface area contributed by atoms with Gasteiger partial charge in [-0.1, -0.05) is 26.7 Å². The van der Waals surface area contributed by atoms with Gasteiger partial charge in [-0.15, -0.1) is 12.4 Å². The third-order valence-electron chi connectivity index (χ3n) is 2.30. The fraction of sp³-hybridized carbons (Fsp3) is 0.900. The lowest BCUT2D eigenvalue weighted by Gasteiger charge is -2.16. The first-order valence-corrected chi connectivity index (χ1v) is 8.86. The fourth-order valence-corrected chi connectivity index (χ4v) is 5.90. The average molecular weight is 288 g/mol. The van der Waals surface area contributed by atoms with Gasteiger partial charge in [0.2, 0.25) is 0 Å². The molecule has 0 saturated heterocycles. The van der Waals surface area contributed by atoms with Crippen LogP contribution >= 0.6 is 31.3 Å². The topological polar surface area (TPSA) is 68.7 Å². The molecule has 98 valence electrons. The number of rotatable bonds is 8. The molecule has 0 aliphatic carbocycles. The Morgan fingerprint density at radius 3 is 2.00 bits per heavy atom. The Morgan fingerprint density at radius 2 is 1.69 bits per heavy atom. The van der Waals surface area contributed by atoms with Crippen LogP contribution in [0.1, 0.15) is 39.5 Å². The summed E-state index contributed by atoms with van der Waals surface area (Å²) >= 11 is 1.35. The highest BCUT2D eigenvalue weighted by Crippen LogP contribution is 2.49. The number of hydrogen-bond donors (Lipinski definition) is 2. The first-order chi connectivity index (χ1) is 7.04. The minimum Gasteiger partial charge on any atom is -0.323 e. The van der Waals surface area contributed by atoms with E-state index in [1.165, 1.54) is 11.8 Å². The summed E-state index contributed by atoms with van der Waals surface area (Å²) in [5.41, 5.74) is 6.01. The molecule has 16 heavy (non-hydrogen) atoms. The highest BCUT2D eigenvalue weighted by Gasteiger charge is 2.22. The second-order valence-electron chi connectivity index (χ2n) is 3.89. The van der Waals surface area contributed by atoms with Crippen LogP contribution in [0.3, 0.4) is 0 Å². The summed E-state index contributed by atoms with van der Waals surface area (Å²) in [5.74, 6) is 0. The van der Waals surface area contributed by atoms with E-state index in [0.29, 0.717) is 10.7 Å². The van der Waals surface area contributed by atoms with Gasteiger partial charge in [-0.05, 0) is 24.6 Å². The molecule has 0 saturated carbocycles. The van der Waals surface area contributed by atoms with Crippen LogP contribution in [0.25, 0.3) is 0 Å². The quantitative estimate of drug-likeness (QED) is 0.408. The summed E-state index contributed by atoms with van der Waals surface area (Å²) in [6.45, 7) is 4.25. The molecule has 3 nitrogen and oxygen atoms in total. The molecule has 4 N–H and O–H groups in total. The Kier molecular flexibility index (Phi) is 12.3. The molecule has 0 heterocycles. The monoisotopic (exact) mass is 287 g/mol. The standard InChI is InChI=1S/C10H23N2OPS.ClH/c1-3-5-7-14(13,8-6-4-2)9-15-10(11)12;/h3-9H2,1-2H3,(H3,11,12);1H/p+1. The van der Waals surface area contributed by atoms with Crippen molar-refractivity contribution in [1.82, 2.24) is 0 Å². The van der Waals surface area contributed by atoms with Gasteiger partial charge in [0, 0.05) is 12.3 Å². The molecule has 0 unspecified atom stereocenters. The molecular weight excluding hydrogens is 263 g/mol. The Morgan fingerprint density at radius 1 is 1.25 bits per heavy atom. The van der Waals surface area contributed by atoms with Crippen molar-refractivity contribution in [3.05, 3.63) is 0 Å². The smallest absolute Gasteiger partial charge is 0.300 e. The van der Waals surface area contributed by atoms with Gasteiger partial charge in [0.05, 0.1) is 12.6 Å². The van der Waals surface area contributed by atoms with E-state index in [4.69, 9.17) is 11.1 Å². The molecule has 0 aliphatic heterocycles. The van der Waals surface area contributed by atoms with Crippen molar-refractivity contribution in [2.24, 2.45) is 5.73 Å². The number of hydrogen-bond acceptors (Lipinski definition) is 2. The van der Waals surface area contributed by atoms with Gasteiger partial charge in [0.1, 0.15) is 0 Å². The van der Waals surface area contributed by atoms with Crippen LogP contribution in [0.2, 0.25) is 0 Å². The van der Waals surface area contributed by atoms with E-state index >= 15 is 0 Å². The third-order valence-corrected chi connectivity index (χ3v) is 7.30. The summed E-state index contributed by atoms with van der Waals surface area (Å²) in [4.78, 5) is 0. The van der Waals surface area contributed by atoms with E-state index in [1.807, 2.05) is 0 Å². The Hall–Kier alpha value is 0.340. The van der Waals surface area contributed by atoms with Gasteiger partial charge in [0.15, 0.2) is 0 Å². The first kappa shape index (κ1) is 18.7. The maximum absolute atomic E-state index is 12.5. The van der Waals surface area contributed by atoms with E-state index in [9.17, 15) is 4.57 Å². The van der Waals surface area contributed by atoms with Crippen molar-refractivity contribution < 1.29 is 9.97 Å². The number of nitrogens with two attached hydrogens (primary N) is 2. The predicted molar refractivity (Wildman–Crippen MR) is 78.0 cm³/mol. The number of halogens is 1. The minimum absolute atomic E-state index is 0. The molecular formula is C10H25ClN2OPS+. The second kappa shape index (κ2) is 10.5. The zero-order valence-corrected chi connectivity index (χ0v) is 12.8. The zero-order chi connectivity index (χ0) is 11.7.